The monoisotopic (exact) mass is 1430 g/mol. The third-order valence-electron chi connectivity index (χ3n) is 18.9. The maximum Gasteiger partial charge on any atom is 0.587 e. The molecule has 26 heteroatoms. The van der Waals surface area contributed by atoms with E-state index in [9.17, 15) is 15.8 Å². The highest BCUT2D eigenvalue weighted by molar-refractivity contribution is 7.49. The molecule has 8 heterocycles. The van der Waals surface area contributed by atoms with Crippen molar-refractivity contribution in [2.24, 2.45) is 0 Å². The van der Waals surface area contributed by atoms with Gasteiger partial charge in [-0.1, -0.05) is 170 Å². The molecule has 9 atom stereocenters. The lowest BCUT2D eigenvalue weighted by molar-refractivity contribution is -0.200. The Labute approximate surface area is 595 Å². The van der Waals surface area contributed by atoms with E-state index in [2.05, 4.69) is 45.3 Å². The van der Waals surface area contributed by atoms with Crippen molar-refractivity contribution in [3.63, 3.8) is 0 Å². The fourth-order valence-electron chi connectivity index (χ4n) is 14.0. The molecule has 0 spiro atoms. The standard InChI is InChI=1S/C74H92Cl2N11O12P/c1-8-9-10-11-12-13-14-15-16-17-18-19-20-21-22-23-24-29-53(89-42-49-32-33-52(41-77)60(38-49)91-48(2)3)43-90-100(88,98-58-30-25-27-50(61(58)75)39-73(44-78)67-65(92-71(4,5)96-67)63(94-73)54-34-36-56-69(80)82-46-84-86(54)56)99-59-31-26-28-51(62(59)76)40-74(45-79)68-66(93-72(6,7)97-68)64(95-74)55-35-37-57-70(81)83-47-85-87(55)57/h25-28,30-38,46-48,53,63-68H,8-24,29,39-40,42-43H2,1-7H3,(H2,80,82,84)(H2,81,83,85)/t53-,63+,64+,65?,66?,67?,68?,73-,74-,100?/m1/s1. The Balaban J connectivity index is 0.861. The maximum absolute atomic E-state index is 16.1. The topological polar surface area (TPSA) is 302 Å². The van der Waals surface area contributed by atoms with Crippen molar-refractivity contribution in [2.75, 3.05) is 18.1 Å². The van der Waals surface area contributed by atoms with E-state index in [-0.39, 0.29) is 65.3 Å². The second-order valence-electron chi connectivity index (χ2n) is 27.7. The molecule has 0 amide bonds. The minimum atomic E-state index is -4.99. The summed E-state index contributed by atoms with van der Waals surface area (Å²) in [6.07, 6.45) is 17.5. The summed E-state index contributed by atoms with van der Waals surface area (Å²) in [4.78, 5) is 8.28. The van der Waals surface area contributed by atoms with Crippen LogP contribution in [0.15, 0.2) is 91.5 Å². The molecule has 0 bridgehead atoms. The van der Waals surface area contributed by atoms with Gasteiger partial charge in [-0.15, -0.1) is 0 Å². The van der Waals surface area contributed by atoms with Crippen molar-refractivity contribution in [3.05, 3.63) is 135 Å². The van der Waals surface area contributed by atoms with Gasteiger partial charge >= 0.3 is 7.82 Å². The van der Waals surface area contributed by atoms with Crippen molar-refractivity contribution in [1.29, 1.82) is 15.8 Å². The van der Waals surface area contributed by atoms with Gasteiger partial charge < -0.3 is 58.4 Å². The van der Waals surface area contributed by atoms with Crippen molar-refractivity contribution >= 4 is 53.7 Å². The van der Waals surface area contributed by atoms with Crippen LogP contribution in [0.4, 0.5) is 11.6 Å². The Bertz CT molecular complexity index is 3960. The summed E-state index contributed by atoms with van der Waals surface area (Å²) in [5.74, 6) is -1.59. The second-order valence-corrected chi connectivity index (χ2v) is 30.0. The zero-order valence-corrected chi connectivity index (χ0v) is 60.5. The van der Waals surface area contributed by atoms with Crippen LogP contribution in [-0.2, 0) is 61.7 Å². The first kappa shape index (κ1) is 74.1. The molecule has 4 N–H and O–H groups in total. The van der Waals surface area contributed by atoms with E-state index in [1.807, 2.05) is 19.9 Å². The molecule has 100 heavy (non-hydrogen) atoms. The number of nitrogen functional groups attached to an aromatic ring is 2. The molecule has 4 aromatic heterocycles. The first-order chi connectivity index (χ1) is 48.1. The van der Waals surface area contributed by atoms with E-state index < -0.39 is 73.3 Å². The number of fused-ring (bicyclic) bond motifs is 4. The fourth-order valence-corrected chi connectivity index (χ4v) is 15.9. The molecule has 4 aliphatic rings. The van der Waals surface area contributed by atoms with Gasteiger partial charge in [-0.3, -0.25) is 4.52 Å². The van der Waals surface area contributed by atoms with Gasteiger partial charge in [0.1, 0.15) is 84.3 Å². The number of benzene rings is 3. The summed E-state index contributed by atoms with van der Waals surface area (Å²) in [6, 6.07) is 29.1. The Kier molecular flexibility index (Phi) is 24.0. The molecule has 7 aromatic rings. The Morgan fingerprint density at radius 1 is 0.600 bits per heavy atom. The highest BCUT2D eigenvalue weighted by atomic mass is 35.5. The van der Waals surface area contributed by atoms with Crippen LogP contribution >= 0.6 is 31.0 Å². The minimum Gasteiger partial charge on any atom is -0.490 e. The van der Waals surface area contributed by atoms with Crippen LogP contribution in [0.25, 0.3) is 11.0 Å². The predicted octanol–water partition coefficient (Wildman–Crippen LogP) is 16.3. The highest BCUT2D eigenvalue weighted by Gasteiger charge is 2.66. The number of rotatable bonds is 36. The van der Waals surface area contributed by atoms with Crippen LogP contribution < -0.4 is 25.3 Å². The lowest BCUT2D eigenvalue weighted by Crippen LogP contribution is -2.44. The first-order valence-electron chi connectivity index (χ1n) is 35.2. The van der Waals surface area contributed by atoms with Gasteiger partial charge in [-0.2, -0.15) is 26.0 Å². The normalized spacial score (nSPS) is 23.6. The quantitative estimate of drug-likeness (QED) is 0.0272. The lowest BCUT2D eigenvalue weighted by atomic mass is 9.88. The molecular formula is C74H92Cl2N11O12P. The number of phosphoric ester groups is 1. The third-order valence-corrected chi connectivity index (χ3v) is 21.1. The zero-order valence-electron chi connectivity index (χ0n) is 58.1. The van der Waals surface area contributed by atoms with E-state index in [1.165, 1.54) is 108 Å². The number of nitrogens with two attached hydrogens (primary N) is 2. The van der Waals surface area contributed by atoms with Gasteiger partial charge in [-0.05, 0) is 113 Å². The summed E-state index contributed by atoms with van der Waals surface area (Å²) in [6.45, 7) is 12.9. The average molecular weight is 1430 g/mol. The lowest BCUT2D eigenvalue weighted by Gasteiger charge is -2.30. The number of aromatic nitrogens is 6. The van der Waals surface area contributed by atoms with Crippen molar-refractivity contribution < 1.29 is 56.0 Å². The van der Waals surface area contributed by atoms with Crippen molar-refractivity contribution in [2.45, 2.75) is 255 Å². The van der Waals surface area contributed by atoms with Crippen LogP contribution in [0.5, 0.6) is 17.2 Å². The van der Waals surface area contributed by atoms with Crippen molar-refractivity contribution in [3.8, 4) is 35.5 Å². The molecule has 4 saturated heterocycles. The zero-order chi connectivity index (χ0) is 70.8. The number of anilines is 2. The Morgan fingerprint density at radius 2 is 1.06 bits per heavy atom. The molecule has 11 rings (SSSR count). The smallest absolute Gasteiger partial charge is 0.490 e. The molecule has 4 fully saturated rings. The summed E-state index contributed by atoms with van der Waals surface area (Å²) in [7, 11) is -4.99. The van der Waals surface area contributed by atoms with Gasteiger partial charge in [0.05, 0.1) is 52.4 Å². The molecule has 534 valence electrons. The van der Waals surface area contributed by atoms with Crippen molar-refractivity contribution in [1.82, 2.24) is 29.2 Å². The predicted molar refractivity (Wildman–Crippen MR) is 376 cm³/mol. The van der Waals surface area contributed by atoms with E-state index in [1.54, 1.807) is 97.4 Å². The van der Waals surface area contributed by atoms with Gasteiger partial charge in [0.2, 0.25) is 0 Å². The maximum atomic E-state index is 16.1. The molecule has 4 aliphatic heterocycles. The summed E-state index contributed by atoms with van der Waals surface area (Å²) in [5.41, 5.74) is 13.1. The summed E-state index contributed by atoms with van der Waals surface area (Å²) in [5, 5.41) is 41.4. The van der Waals surface area contributed by atoms with E-state index in [4.69, 9.17) is 86.1 Å². The van der Waals surface area contributed by atoms with Crippen LogP contribution in [0.3, 0.4) is 0 Å². The van der Waals surface area contributed by atoms with E-state index in [0.29, 0.717) is 51.3 Å². The number of halogens is 2. The van der Waals surface area contributed by atoms with Gasteiger partial charge in [0.15, 0.2) is 45.9 Å². The molecule has 0 radical (unpaired) electrons. The number of phosphoric acid groups is 1. The first-order valence-corrected chi connectivity index (χ1v) is 37.4. The van der Waals surface area contributed by atoms with E-state index in [0.717, 1.165) is 31.2 Å². The summed E-state index contributed by atoms with van der Waals surface area (Å²) >= 11 is 14.8. The number of nitriles is 3. The third kappa shape index (κ3) is 17.0. The average Bonchev–Trinajstić information content (AvgIpc) is 1.57. The van der Waals surface area contributed by atoms with Crippen LogP contribution in [-0.4, -0.2) is 95.2 Å². The Hall–Kier alpha value is -7.14. The number of ether oxygens (including phenoxy) is 8. The fraction of sp³-hybridized carbons (Fsp3) is 0.554. The molecule has 23 nitrogen and oxygen atoms in total. The highest BCUT2D eigenvalue weighted by Crippen LogP contribution is 2.57. The SMILES string of the molecule is CCCCCCCCCCCCCCCCCCC[C@H](COP(=O)(Oc1cccc(C[C@]2(C#N)O[C@@H](c3ccc4c(N)ncnn34)C3OC(C)(C)OC32)c1Cl)Oc1cccc(C[C@]2(C#N)O[C@@H](c3ccc4c(N)ncnn34)C3OC(C)(C)OC32)c1Cl)OCc1ccc(C#N)c(OC(C)C)c1. The second kappa shape index (κ2) is 32.5. The number of nitrogens with zero attached hydrogens (tertiary/aromatic N) is 9. The summed E-state index contributed by atoms with van der Waals surface area (Å²) < 4.78 is 91.2. The minimum absolute atomic E-state index is 0.0403. The molecule has 0 aliphatic carbocycles. The van der Waals surface area contributed by atoms with Gasteiger partial charge in [0, 0.05) is 12.8 Å². The number of hydrogen-bond donors (Lipinski definition) is 2. The molecule has 0 saturated carbocycles. The number of hydrogen-bond acceptors (Lipinski definition) is 21. The molecule has 3 aromatic carbocycles. The van der Waals surface area contributed by atoms with Crippen LogP contribution in [0, 0.1) is 34.0 Å². The van der Waals surface area contributed by atoms with Gasteiger partial charge in [0.25, 0.3) is 0 Å². The molecular weight excluding hydrogens is 1340 g/mol. The van der Waals surface area contributed by atoms with E-state index >= 15 is 4.57 Å². The molecule has 4 unspecified atom stereocenters. The van der Waals surface area contributed by atoms with Gasteiger partial charge in [-0.25, -0.2) is 23.6 Å². The Morgan fingerprint density at radius 3 is 1.50 bits per heavy atom. The van der Waals surface area contributed by atoms with Crippen LogP contribution in [0.2, 0.25) is 10.0 Å². The largest absolute Gasteiger partial charge is 0.587 e. The number of unbranched alkanes of at least 4 members (excludes halogenated alkanes) is 16. The van der Waals surface area contributed by atoms with Crippen LogP contribution in [0.1, 0.15) is 210 Å².